The van der Waals surface area contributed by atoms with Crippen LogP contribution in [0.2, 0.25) is 5.02 Å². The van der Waals surface area contributed by atoms with E-state index in [9.17, 15) is 14.7 Å². The highest BCUT2D eigenvalue weighted by Crippen LogP contribution is 2.34. The molecule has 0 spiro atoms. The molecule has 31 heavy (non-hydrogen) atoms. The molecular weight excluding hydrogens is 416 g/mol. The van der Waals surface area contributed by atoms with Crippen molar-refractivity contribution < 1.29 is 14.7 Å². The fourth-order valence-corrected chi connectivity index (χ4v) is 4.27. The summed E-state index contributed by atoms with van der Waals surface area (Å²) in [5.74, 6) is -0.542. The molecule has 2 amide bonds. The molecule has 1 aliphatic heterocycles. The number of para-hydroxylation sites is 1. The van der Waals surface area contributed by atoms with Gasteiger partial charge in [0.2, 0.25) is 0 Å². The van der Waals surface area contributed by atoms with Gasteiger partial charge in [-0.3, -0.25) is 10.1 Å². The summed E-state index contributed by atoms with van der Waals surface area (Å²) in [7, 11) is 0. The van der Waals surface area contributed by atoms with Crippen molar-refractivity contribution in [1.82, 2.24) is 9.88 Å². The van der Waals surface area contributed by atoms with E-state index in [4.69, 9.17) is 11.6 Å². The Balaban J connectivity index is 1.47. The third-order valence-electron chi connectivity index (χ3n) is 5.71. The van der Waals surface area contributed by atoms with Crippen molar-refractivity contribution in [2.24, 2.45) is 0 Å². The van der Waals surface area contributed by atoms with Crippen LogP contribution in [0.4, 0.5) is 16.3 Å². The van der Waals surface area contributed by atoms with Gasteiger partial charge < -0.3 is 19.9 Å². The third kappa shape index (κ3) is 4.61. The van der Waals surface area contributed by atoms with Gasteiger partial charge in [0, 0.05) is 53.4 Å². The standard InChI is InChI=1S/C23H25ClN4O3/c1-15(14-20(29)30)21-18-4-2-3-5-19(18)25-22(21)26-23(31)28-12-10-27(11-13-28)17-8-6-16(24)7-9-17/h2-9,15,25H,10-14H2,1H3,(H,26,31)(H,29,30). The lowest BCUT2D eigenvalue weighted by atomic mass is 9.96. The Kier molecular flexibility index (Phi) is 6.04. The van der Waals surface area contributed by atoms with E-state index >= 15 is 0 Å². The maximum atomic E-state index is 13.0. The number of hydrogen-bond acceptors (Lipinski definition) is 3. The maximum absolute atomic E-state index is 13.0. The van der Waals surface area contributed by atoms with E-state index in [-0.39, 0.29) is 18.4 Å². The number of aromatic amines is 1. The second-order valence-corrected chi connectivity index (χ2v) is 8.28. The Morgan fingerprint density at radius 2 is 1.77 bits per heavy atom. The van der Waals surface area contributed by atoms with Crippen molar-refractivity contribution in [2.45, 2.75) is 19.3 Å². The van der Waals surface area contributed by atoms with E-state index < -0.39 is 5.97 Å². The van der Waals surface area contributed by atoms with Crippen LogP contribution in [0.5, 0.6) is 0 Å². The number of hydrogen-bond donors (Lipinski definition) is 3. The van der Waals surface area contributed by atoms with Crippen LogP contribution in [-0.2, 0) is 4.79 Å². The van der Waals surface area contributed by atoms with Gasteiger partial charge in [0.05, 0.1) is 6.42 Å². The molecule has 3 aromatic rings. The van der Waals surface area contributed by atoms with E-state index in [1.54, 1.807) is 4.90 Å². The average molecular weight is 441 g/mol. The average Bonchev–Trinajstić information content (AvgIpc) is 3.12. The van der Waals surface area contributed by atoms with Crippen LogP contribution in [0, 0.1) is 0 Å². The highest BCUT2D eigenvalue weighted by Gasteiger charge is 2.25. The first kappa shape index (κ1) is 21.1. The van der Waals surface area contributed by atoms with Crippen molar-refractivity contribution in [2.75, 3.05) is 36.4 Å². The summed E-state index contributed by atoms with van der Waals surface area (Å²) in [4.78, 5) is 31.5. The van der Waals surface area contributed by atoms with Gasteiger partial charge in [-0.25, -0.2) is 4.79 Å². The van der Waals surface area contributed by atoms with Crippen molar-refractivity contribution >= 4 is 46.0 Å². The molecule has 8 heteroatoms. The number of urea groups is 1. The summed E-state index contributed by atoms with van der Waals surface area (Å²) in [5, 5.41) is 13.9. The van der Waals surface area contributed by atoms with E-state index in [2.05, 4.69) is 15.2 Å². The number of aliphatic carboxylic acids is 1. The predicted molar refractivity (Wildman–Crippen MR) is 123 cm³/mol. The molecule has 1 aromatic heterocycles. The lowest BCUT2D eigenvalue weighted by molar-refractivity contribution is -0.137. The monoisotopic (exact) mass is 440 g/mol. The Bertz CT molecular complexity index is 1090. The Morgan fingerprint density at radius 3 is 2.45 bits per heavy atom. The molecule has 7 nitrogen and oxygen atoms in total. The number of benzene rings is 2. The summed E-state index contributed by atoms with van der Waals surface area (Å²) < 4.78 is 0. The number of fused-ring (bicyclic) bond motifs is 1. The van der Waals surface area contributed by atoms with Gasteiger partial charge in [0.15, 0.2) is 0 Å². The molecule has 3 N–H and O–H groups in total. The van der Waals surface area contributed by atoms with Crippen molar-refractivity contribution in [1.29, 1.82) is 0 Å². The third-order valence-corrected chi connectivity index (χ3v) is 5.96. The molecule has 1 saturated heterocycles. The Morgan fingerprint density at radius 1 is 1.10 bits per heavy atom. The number of rotatable bonds is 5. The highest BCUT2D eigenvalue weighted by molar-refractivity contribution is 6.30. The molecule has 1 fully saturated rings. The number of halogens is 1. The van der Waals surface area contributed by atoms with Gasteiger partial charge in [0.25, 0.3) is 0 Å². The minimum absolute atomic E-state index is 0.00944. The second-order valence-electron chi connectivity index (χ2n) is 7.84. The van der Waals surface area contributed by atoms with Crippen LogP contribution in [0.1, 0.15) is 24.8 Å². The summed E-state index contributed by atoms with van der Waals surface area (Å²) in [5.41, 5.74) is 2.79. The molecule has 1 unspecified atom stereocenters. The molecule has 0 saturated carbocycles. The molecule has 1 atom stereocenters. The fraction of sp³-hybridized carbons (Fsp3) is 0.304. The first-order valence-electron chi connectivity index (χ1n) is 10.3. The summed E-state index contributed by atoms with van der Waals surface area (Å²) in [6.45, 7) is 4.50. The molecule has 0 aliphatic carbocycles. The number of carboxylic acids is 1. The molecular formula is C23H25ClN4O3. The number of carbonyl (C=O) groups is 2. The summed E-state index contributed by atoms with van der Waals surface area (Å²) in [6.07, 6.45) is -0.00944. The molecule has 1 aliphatic rings. The Hall–Kier alpha value is -3.19. The minimum atomic E-state index is -0.867. The van der Waals surface area contributed by atoms with Gasteiger partial charge in [0.1, 0.15) is 5.82 Å². The van der Waals surface area contributed by atoms with Crippen LogP contribution in [0.3, 0.4) is 0 Å². The summed E-state index contributed by atoms with van der Waals surface area (Å²) >= 11 is 5.97. The van der Waals surface area contributed by atoms with Crippen molar-refractivity contribution in [3.63, 3.8) is 0 Å². The van der Waals surface area contributed by atoms with Crippen LogP contribution in [-0.4, -0.2) is 53.2 Å². The summed E-state index contributed by atoms with van der Waals surface area (Å²) in [6, 6.07) is 15.2. The number of anilines is 2. The molecule has 4 rings (SSSR count). The molecule has 2 heterocycles. The van der Waals surface area contributed by atoms with Crippen LogP contribution < -0.4 is 10.2 Å². The number of carbonyl (C=O) groups excluding carboxylic acids is 1. The van der Waals surface area contributed by atoms with E-state index in [1.165, 1.54) is 0 Å². The fourth-order valence-electron chi connectivity index (χ4n) is 4.14. The quantitative estimate of drug-likeness (QED) is 0.534. The molecule has 162 valence electrons. The number of nitrogens with one attached hydrogen (secondary N) is 2. The van der Waals surface area contributed by atoms with Crippen LogP contribution in [0.15, 0.2) is 48.5 Å². The number of aromatic nitrogens is 1. The van der Waals surface area contributed by atoms with Gasteiger partial charge >= 0.3 is 12.0 Å². The first-order valence-corrected chi connectivity index (χ1v) is 10.7. The van der Waals surface area contributed by atoms with Gasteiger partial charge in [-0.05, 0) is 36.2 Å². The smallest absolute Gasteiger partial charge is 0.323 e. The van der Waals surface area contributed by atoms with Crippen molar-refractivity contribution in [3.8, 4) is 0 Å². The number of H-pyrrole nitrogens is 1. The van der Waals surface area contributed by atoms with Gasteiger partial charge in [-0.15, -0.1) is 0 Å². The van der Waals surface area contributed by atoms with E-state index in [0.717, 1.165) is 35.2 Å². The Labute approximate surface area is 185 Å². The van der Waals surface area contributed by atoms with E-state index in [1.807, 2.05) is 55.5 Å². The lowest BCUT2D eigenvalue weighted by Crippen LogP contribution is -2.50. The van der Waals surface area contributed by atoms with Crippen LogP contribution in [0.25, 0.3) is 10.9 Å². The number of piperazine rings is 1. The first-order chi connectivity index (χ1) is 14.9. The SMILES string of the molecule is CC(CC(=O)O)c1c(NC(=O)N2CCN(c3ccc(Cl)cc3)CC2)[nH]c2ccccc12. The topological polar surface area (TPSA) is 88.7 Å². The molecule has 0 radical (unpaired) electrons. The van der Waals surface area contributed by atoms with Gasteiger partial charge in [-0.1, -0.05) is 36.7 Å². The lowest BCUT2D eigenvalue weighted by Gasteiger charge is -2.36. The highest BCUT2D eigenvalue weighted by atomic mass is 35.5. The van der Waals surface area contributed by atoms with E-state index in [0.29, 0.717) is 23.9 Å². The van der Waals surface area contributed by atoms with Crippen LogP contribution >= 0.6 is 11.6 Å². The second kappa shape index (κ2) is 8.89. The van der Waals surface area contributed by atoms with Gasteiger partial charge in [-0.2, -0.15) is 0 Å². The normalized spacial score (nSPS) is 15.2. The zero-order chi connectivity index (χ0) is 22.0. The zero-order valence-electron chi connectivity index (χ0n) is 17.3. The molecule has 2 aromatic carbocycles. The maximum Gasteiger partial charge on any atom is 0.323 e. The minimum Gasteiger partial charge on any atom is -0.481 e. The predicted octanol–water partition coefficient (Wildman–Crippen LogP) is 4.75. The largest absolute Gasteiger partial charge is 0.481 e. The zero-order valence-corrected chi connectivity index (χ0v) is 18.0. The number of nitrogens with zero attached hydrogens (tertiary/aromatic N) is 2. The number of carboxylic acid groups (broad SMARTS) is 1. The molecule has 0 bridgehead atoms. The number of amides is 2. The van der Waals surface area contributed by atoms with Crippen molar-refractivity contribution in [3.05, 3.63) is 59.1 Å².